The number of nitrogens with two attached hydrogens (primary N) is 1. The molecule has 2 rings (SSSR count). The Hall–Kier alpha value is -2.30. The van der Waals surface area contributed by atoms with Gasteiger partial charge < -0.3 is 11.1 Å². The van der Waals surface area contributed by atoms with Gasteiger partial charge in [-0.15, -0.1) is 0 Å². The van der Waals surface area contributed by atoms with E-state index >= 15 is 0 Å². The molecule has 0 aliphatic heterocycles. The minimum Gasteiger partial charge on any atom is -0.370 e. The van der Waals surface area contributed by atoms with Gasteiger partial charge in [-0.3, -0.25) is 9.67 Å². The number of aromatic nitrogens is 2. The van der Waals surface area contributed by atoms with Crippen LogP contribution in [-0.4, -0.2) is 22.3 Å². The zero-order valence-electron chi connectivity index (χ0n) is 14.1. The highest BCUT2D eigenvalue weighted by Gasteiger charge is 2.08. The molecule has 1 heterocycles. The second-order valence-corrected chi connectivity index (χ2v) is 5.79. The zero-order valence-corrected chi connectivity index (χ0v) is 14.1. The van der Waals surface area contributed by atoms with Crippen molar-refractivity contribution in [2.75, 3.05) is 11.9 Å². The highest BCUT2D eigenvalue weighted by Crippen LogP contribution is 2.14. The maximum absolute atomic E-state index is 5.97. The van der Waals surface area contributed by atoms with Crippen LogP contribution in [0, 0.1) is 27.7 Å². The molecule has 0 amide bonds. The summed E-state index contributed by atoms with van der Waals surface area (Å²) >= 11 is 0. The first-order valence-corrected chi connectivity index (χ1v) is 7.51. The fraction of sp³-hybridized carbons (Fsp3) is 0.412. The predicted molar refractivity (Wildman–Crippen MR) is 92.4 cm³/mol. The van der Waals surface area contributed by atoms with Crippen LogP contribution in [0.25, 0.3) is 0 Å². The summed E-state index contributed by atoms with van der Waals surface area (Å²) in [7, 11) is 1.96. The lowest BCUT2D eigenvalue weighted by Crippen LogP contribution is -2.23. The summed E-state index contributed by atoms with van der Waals surface area (Å²) in [6.45, 7) is 8.90. The van der Waals surface area contributed by atoms with Gasteiger partial charge in [-0.1, -0.05) is 6.07 Å². The first-order valence-electron chi connectivity index (χ1n) is 7.51. The number of nitrogens with zero attached hydrogens (tertiary/aromatic N) is 3. The highest BCUT2D eigenvalue weighted by molar-refractivity contribution is 5.92. The number of hydrogen-bond acceptors (Lipinski definition) is 2. The second-order valence-electron chi connectivity index (χ2n) is 5.79. The third-order valence-corrected chi connectivity index (χ3v) is 3.80. The Kier molecular flexibility index (Phi) is 4.85. The van der Waals surface area contributed by atoms with Gasteiger partial charge in [-0.2, -0.15) is 5.10 Å². The van der Waals surface area contributed by atoms with Crippen molar-refractivity contribution >= 4 is 11.6 Å². The van der Waals surface area contributed by atoms with Crippen molar-refractivity contribution in [2.45, 2.75) is 34.1 Å². The lowest BCUT2D eigenvalue weighted by molar-refractivity contribution is 0.730. The molecule has 0 bridgehead atoms. The molecule has 1 aromatic carbocycles. The van der Waals surface area contributed by atoms with Gasteiger partial charge in [0.1, 0.15) is 0 Å². The number of guanidine groups is 1. The van der Waals surface area contributed by atoms with Crippen LogP contribution in [0.1, 0.15) is 28.1 Å². The molecule has 1 aromatic heterocycles. The Bertz CT molecular complexity index is 677. The number of rotatable bonds is 4. The average Bonchev–Trinajstić information content (AvgIpc) is 2.63. The summed E-state index contributed by atoms with van der Waals surface area (Å²) in [4.78, 5) is 4.41. The third-order valence-electron chi connectivity index (χ3n) is 3.80. The van der Waals surface area contributed by atoms with Gasteiger partial charge in [0.15, 0.2) is 5.96 Å². The minimum atomic E-state index is 0.448. The highest BCUT2D eigenvalue weighted by atomic mass is 15.3. The summed E-state index contributed by atoms with van der Waals surface area (Å²) in [6.07, 6.45) is 0.848. The maximum Gasteiger partial charge on any atom is 0.193 e. The van der Waals surface area contributed by atoms with E-state index in [1.807, 2.05) is 18.7 Å². The fourth-order valence-corrected chi connectivity index (χ4v) is 2.70. The molecule has 0 atom stereocenters. The van der Waals surface area contributed by atoms with Crippen LogP contribution >= 0.6 is 0 Å². The fourth-order valence-electron chi connectivity index (χ4n) is 2.70. The summed E-state index contributed by atoms with van der Waals surface area (Å²) in [6, 6.07) is 6.25. The Labute approximate surface area is 132 Å². The van der Waals surface area contributed by atoms with Gasteiger partial charge in [0, 0.05) is 25.0 Å². The van der Waals surface area contributed by atoms with E-state index in [0.717, 1.165) is 17.8 Å². The first kappa shape index (κ1) is 16.1. The largest absolute Gasteiger partial charge is 0.370 e. The molecule has 0 saturated heterocycles. The van der Waals surface area contributed by atoms with E-state index in [2.05, 4.69) is 54.4 Å². The van der Waals surface area contributed by atoms with Gasteiger partial charge >= 0.3 is 0 Å². The summed E-state index contributed by atoms with van der Waals surface area (Å²) in [5, 5.41) is 7.57. The molecule has 0 unspecified atom stereocenters. The van der Waals surface area contributed by atoms with Crippen LogP contribution in [-0.2, 0) is 13.5 Å². The van der Waals surface area contributed by atoms with Crippen molar-refractivity contribution in [1.29, 1.82) is 0 Å². The van der Waals surface area contributed by atoms with Crippen molar-refractivity contribution in [1.82, 2.24) is 9.78 Å². The van der Waals surface area contributed by atoms with Crippen LogP contribution < -0.4 is 11.1 Å². The van der Waals surface area contributed by atoms with Crippen molar-refractivity contribution < 1.29 is 0 Å². The SMILES string of the molecule is Cc1cc(C)cc(NC(N)=NCCc2c(C)nn(C)c2C)c1. The van der Waals surface area contributed by atoms with Crippen molar-refractivity contribution in [3.8, 4) is 0 Å². The second kappa shape index (κ2) is 6.64. The molecule has 118 valence electrons. The molecule has 0 saturated carbocycles. The molecular formula is C17H25N5. The van der Waals surface area contributed by atoms with E-state index in [9.17, 15) is 0 Å². The lowest BCUT2D eigenvalue weighted by atomic mass is 10.1. The van der Waals surface area contributed by atoms with E-state index in [0.29, 0.717) is 12.5 Å². The summed E-state index contributed by atoms with van der Waals surface area (Å²) in [5.74, 6) is 0.448. The predicted octanol–water partition coefficient (Wildman–Crippen LogP) is 2.62. The quantitative estimate of drug-likeness (QED) is 0.673. The van der Waals surface area contributed by atoms with E-state index in [1.54, 1.807) is 0 Å². The van der Waals surface area contributed by atoms with Crippen molar-refractivity contribution in [3.05, 3.63) is 46.3 Å². The van der Waals surface area contributed by atoms with E-state index in [4.69, 9.17) is 5.73 Å². The Morgan fingerprint density at radius 3 is 2.36 bits per heavy atom. The average molecular weight is 299 g/mol. The molecule has 0 fully saturated rings. The molecule has 0 aliphatic rings. The Balaban J connectivity index is 1.98. The zero-order chi connectivity index (χ0) is 16.3. The monoisotopic (exact) mass is 299 g/mol. The number of hydrogen-bond donors (Lipinski definition) is 2. The lowest BCUT2D eigenvalue weighted by Gasteiger charge is -2.08. The maximum atomic E-state index is 5.97. The van der Waals surface area contributed by atoms with Crippen LogP contribution in [0.2, 0.25) is 0 Å². The van der Waals surface area contributed by atoms with E-state index in [-0.39, 0.29) is 0 Å². The standard InChI is InChI=1S/C17H25N5/c1-11-8-12(2)10-15(9-11)20-17(18)19-7-6-16-13(3)21-22(5)14(16)4/h8-10H,6-7H2,1-5H3,(H3,18,19,20). The first-order chi connectivity index (χ1) is 10.4. The Morgan fingerprint density at radius 2 is 1.82 bits per heavy atom. The molecule has 2 aromatic rings. The number of nitrogens with one attached hydrogen (secondary N) is 1. The van der Waals surface area contributed by atoms with Crippen LogP contribution in [0.3, 0.4) is 0 Å². The smallest absolute Gasteiger partial charge is 0.193 e. The molecule has 0 spiro atoms. The third kappa shape index (κ3) is 3.87. The molecule has 5 heteroatoms. The molecule has 0 aliphatic carbocycles. The van der Waals surface area contributed by atoms with Gasteiger partial charge in [0.25, 0.3) is 0 Å². The van der Waals surface area contributed by atoms with Crippen LogP contribution in [0.5, 0.6) is 0 Å². The number of benzene rings is 1. The summed E-state index contributed by atoms with van der Waals surface area (Å²) < 4.78 is 1.91. The van der Waals surface area contributed by atoms with Crippen molar-refractivity contribution in [3.63, 3.8) is 0 Å². The van der Waals surface area contributed by atoms with Gasteiger partial charge in [0.2, 0.25) is 0 Å². The van der Waals surface area contributed by atoms with Crippen LogP contribution in [0.4, 0.5) is 5.69 Å². The number of anilines is 1. The number of aryl methyl sites for hydroxylation is 4. The normalized spacial score (nSPS) is 11.8. The number of aliphatic imine (C=N–C) groups is 1. The minimum absolute atomic E-state index is 0.448. The van der Waals surface area contributed by atoms with E-state index in [1.165, 1.54) is 22.4 Å². The summed E-state index contributed by atoms with van der Waals surface area (Å²) in [5.41, 5.74) is 12.9. The molecular weight excluding hydrogens is 274 g/mol. The van der Waals surface area contributed by atoms with E-state index < -0.39 is 0 Å². The van der Waals surface area contributed by atoms with Gasteiger partial charge in [-0.05, 0) is 62.9 Å². The van der Waals surface area contributed by atoms with Gasteiger partial charge in [0.05, 0.1) is 5.69 Å². The molecule has 5 nitrogen and oxygen atoms in total. The molecule has 0 radical (unpaired) electrons. The molecule has 3 N–H and O–H groups in total. The Morgan fingerprint density at radius 1 is 1.18 bits per heavy atom. The van der Waals surface area contributed by atoms with Crippen LogP contribution in [0.15, 0.2) is 23.2 Å². The molecule has 22 heavy (non-hydrogen) atoms. The van der Waals surface area contributed by atoms with Crippen molar-refractivity contribution in [2.24, 2.45) is 17.8 Å². The topological polar surface area (TPSA) is 68.2 Å². The van der Waals surface area contributed by atoms with Gasteiger partial charge in [-0.25, -0.2) is 0 Å².